The van der Waals surface area contributed by atoms with Crippen molar-refractivity contribution in [3.63, 3.8) is 0 Å². The highest BCUT2D eigenvalue weighted by Crippen LogP contribution is 2.19. The van der Waals surface area contributed by atoms with Crippen LogP contribution in [-0.2, 0) is 10.0 Å². The minimum absolute atomic E-state index is 0.105. The molecule has 3 aromatic carbocycles. The number of carbonyl (C=O) groups is 1. The fourth-order valence-electron chi connectivity index (χ4n) is 2.72. The van der Waals surface area contributed by atoms with E-state index < -0.39 is 10.0 Å². The van der Waals surface area contributed by atoms with Crippen LogP contribution in [0.15, 0.2) is 83.9 Å². The van der Waals surface area contributed by atoms with E-state index in [0.717, 1.165) is 10.9 Å². The Morgan fingerprint density at radius 3 is 2.39 bits per heavy atom. The van der Waals surface area contributed by atoms with Gasteiger partial charge in [-0.2, -0.15) is 5.10 Å². The summed E-state index contributed by atoms with van der Waals surface area (Å²) >= 11 is 0. The predicted octanol–water partition coefficient (Wildman–Crippen LogP) is 3.62. The van der Waals surface area contributed by atoms with Gasteiger partial charge < -0.3 is 5.32 Å². The van der Waals surface area contributed by atoms with Crippen LogP contribution in [0.4, 0.5) is 11.4 Å². The van der Waals surface area contributed by atoms with Gasteiger partial charge in [0.25, 0.3) is 15.9 Å². The van der Waals surface area contributed by atoms with E-state index in [1.54, 1.807) is 66.9 Å². The van der Waals surface area contributed by atoms with Crippen LogP contribution in [0.3, 0.4) is 0 Å². The lowest BCUT2D eigenvalue weighted by molar-refractivity contribution is 0.102. The molecule has 0 aliphatic heterocycles. The largest absolute Gasteiger partial charge is 0.322 e. The number of hydrogen-bond donors (Lipinski definition) is 3. The molecule has 140 valence electrons. The van der Waals surface area contributed by atoms with Gasteiger partial charge in [-0.05, 0) is 48.5 Å². The number of nitrogens with zero attached hydrogens (tertiary/aromatic N) is 1. The lowest BCUT2D eigenvalue weighted by Crippen LogP contribution is -2.14. The number of sulfonamides is 1. The summed E-state index contributed by atoms with van der Waals surface area (Å²) in [4.78, 5) is 12.5. The number of fused-ring (bicyclic) bond motifs is 1. The normalized spacial score (nSPS) is 11.3. The zero-order chi connectivity index (χ0) is 19.6. The summed E-state index contributed by atoms with van der Waals surface area (Å²) in [5, 5.41) is 10.4. The topological polar surface area (TPSA) is 104 Å². The molecule has 8 heteroatoms. The van der Waals surface area contributed by atoms with Gasteiger partial charge in [0, 0.05) is 22.3 Å². The number of nitrogens with one attached hydrogen (secondary N) is 3. The summed E-state index contributed by atoms with van der Waals surface area (Å²) < 4.78 is 27.4. The van der Waals surface area contributed by atoms with E-state index >= 15 is 0 Å². The number of benzene rings is 3. The molecule has 3 N–H and O–H groups in total. The van der Waals surface area contributed by atoms with Crippen molar-refractivity contribution < 1.29 is 13.2 Å². The fourth-order valence-corrected chi connectivity index (χ4v) is 3.78. The first-order chi connectivity index (χ1) is 13.5. The first kappa shape index (κ1) is 17.7. The highest BCUT2D eigenvalue weighted by molar-refractivity contribution is 7.92. The molecule has 7 nitrogen and oxygen atoms in total. The van der Waals surface area contributed by atoms with Gasteiger partial charge in [-0.1, -0.05) is 24.3 Å². The molecule has 4 rings (SSSR count). The van der Waals surface area contributed by atoms with Crippen LogP contribution < -0.4 is 10.0 Å². The zero-order valence-electron chi connectivity index (χ0n) is 14.6. The molecule has 0 saturated heterocycles. The molecular weight excluding hydrogens is 376 g/mol. The molecule has 0 radical (unpaired) electrons. The standard InChI is InChI=1S/C20H16N4O3S/c25-20(14-6-7-15-13-21-23-19(15)12-14)22-16-8-10-18(11-9-16)28(26,27)24-17-4-2-1-3-5-17/h1-13,24H,(H,21,23)(H,22,25). The molecule has 0 bridgehead atoms. The summed E-state index contributed by atoms with van der Waals surface area (Å²) in [5.74, 6) is -0.297. The van der Waals surface area contributed by atoms with Crippen LogP contribution in [-0.4, -0.2) is 24.5 Å². The monoisotopic (exact) mass is 392 g/mol. The van der Waals surface area contributed by atoms with Gasteiger partial charge in [-0.15, -0.1) is 0 Å². The van der Waals surface area contributed by atoms with Crippen LogP contribution in [0.5, 0.6) is 0 Å². The van der Waals surface area contributed by atoms with Crippen molar-refractivity contribution in [3.05, 3.63) is 84.6 Å². The third-order valence-corrected chi connectivity index (χ3v) is 5.55. The highest BCUT2D eigenvalue weighted by atomic mass is 32.2. The van der Waals surface area contributed by atoms with Crippen molar-refractivity contribution in [1.29, 1.82) is 0 Å². The van der Waals surface area contributed by atoms with Crippen molar-refractivity contribution in [3.8, 4) is 0 Å². The molecule has 0 atom stereocenters. The van der Waals surface area contributed by atoms with Crippen LogP contribution in [0, 0.1) is 0 Å². The maximum absolute atomic E-state index is 12.4. The van der Waals surface area contributed by atoms with Crippen LogP contribution in [0.2, 0.25) is 0 Å². The smallest absolute Gasteiger partial charge is 0.261 e. The number of hydrogen-bond acceptors (Lipinski definition) is 4. The number of rotatable bonds is 5. The first-order valence-corrected chi connectivity index (χ1v) is 9.92. The molecule has 0 aliphatic rings. The van der Waals surface area contributed by atoms with Crippen LogP contribution in [0.25, 0.3) is 10.9 Å². The van der Waals surface area contributed by atoms with Crippen molar-refractivity contribution in [1.82, 2.24) is 10.2 Å². The van der Waals surface area contributed by atoms with E-state index in [4.69, 9.17) is 0 Å². The van der Waals surface area contributed by atoms with Gasteiger partial charge in [-0.25, -0.2) is 8.42 Å². The minimum atomic E-state index is -3.70. The molecule has 0 unspecified atom stereocenters. The highest BCUT2D eigenvalue weighted by Gasteiger charge is 2.14. The van der Waals surface area contributed by atoms with E-state index in [9.17, 15) is 13.2 Å². The quantitative estimate of drug-likeness (QED) is 0.482. The van der Waals surface area contributed by atoms with E-state index in [1.807, 2.05) is 0 Å². The van der Waals surface area contributed by atoms with E-state index in [2.05, 4.69) is 20.2 Å². The molecule has 1 heterocycles. The summed E-state index contributed by atoms with van der Waals surface area (Å²) in [5.41, 5.74) is 2.21. The summed E-state index contributed by atoms with van der Waals surface area (Å²) in [6, 6.07) is 19.8. The predicted molar refractivity (Wildman–Crippen MR) is 108 cm³/mol. The Morgan fingerprint density at radius 2 is 1.64 bits per heavy atom. The Labute approximate surface area is 161 Å². The van der Waals surface area contributed by atoms with Crippen molar-refractivity contribution in [2.75, 3.05) is 10.0 Å². The third-order valence-electron chi connectivity index (χ3n) is 4.15. The second kappa shape index (κ2) is 7.16. The Morgan fingerprint density at radius 1 is 0.893 bits per heavy atom. The van der Waals surface area contributed by atoms with E-state index in [0.29, 0.717) is 16.9 Å². The van der Waals surface area contributed by atoms with Crippen molar-refractivity contribution in [2.24, 2.45) is 0 Å². The van der Waals surface area contributed by atoms with Gasteiger partial charge in [0.2, 0.25) is 0 Å². The Hall–Kier alpha value is -3.65. The zero-order valence-corrected chi connectivity index (χ0v) is 15.4. The second-order valence-corrected chi connectivity index (χ2v) is 7.80. The second-order valence-electron chi connectivity index (χ2n) is 6.12. The number of aromatic nitrogens is 2. The molecule has 0 spiro atoms. The van der Waals surface area contributed by atoms with Crippen LogP contribution in [0.1, 0.15) is 10.4 Å². The SMILES string of the molecule is O=C(Nc1ccc(S(=O)(=O)Nc2ccccc2)cc1)c1ccc2cn[nH]c2c1. The summed E-state index contributed by atoms with van der Waals surface area (Å²) in [6.07, 6.45) is 1.68. The minimum Gasteiger partial charge on any atom is -0.322 e. The number of carbonyl (C=O) groups excluding carboxylic acids is 1. The Balaban J connectivity index is 1.49. The van der Waals surface area contributed by atoms with E-state index in [-0.39, 0.29) is 10.8 Å². The first-order valence-electron chi connectivity index (χ1n) is 8.44. The Kier molecular flexibility index (Phi) is 4.54. The van der Waals surface area contributed by atoms with E-state index in [1.165, 1.54) is 12.1 Å². The Bertz CT molecular complexity index is 1230. The number of para-hydroxylation sites is 1. The summed E-state index contributed by atoms with van der Waals surface area (Å²) in [6.45, 7) is 0. The van der Waals surface area contributed by atoms with Crippen molar-refractivity contribution in [2.45, 2.75) is 4.90 Å². The van der Waals surface area contributed by atoms with Gasteiger partial charge >= 0.3 is 0 Å². The number of H-pyrrole nitrogens is 1. The maximum atomic E-state index is 12.4. The average molecular weight is 392 g/mol. The van der Waals surface area contributed by atoms with Gasteiger partial charge in [0.05, 0.1) is 16.6 Å². The fraction of sp³-hybridized carbons (Fsp3) is 0. The number of amides is 1. The van der Waals surface area contributed by atoms with Gasteiger partial charge in [-0.3, -0.25) is 14.6 Å². The lowest BCUT2D eigenvalue weighted by Gasteiger charge is -2.09. The molecule has 0 saturated carbocycles. The molecule has 4 aromatic rings. The molecule has 1 aromatic heterocycles. The molecule has 0 fully saturated rings. The molecular formula is C20H16N4O3S. The molecule has 0 aliphatic carbocycles. The van der Waals surface area contributed by atoms with Gasteiger partial charge in [0.15, 0.2) is 0 Å². The number of aromatic amines is 1. The third kappa shape index (κ3) is 3.72. The van der Waals surface area contributed by atoms with Crippen molar-refractivity contribution >= 4 is 38.2 Å². The van der Waals surface area contributed by atoms with Gasteiger partial charge in [0.1, 0.15) is 0 Å². The maximum Gasteiger partial charge on any atom is 0.261 e. The molecule has 28 heavy (non-hydrogen) atoms. The average Bonchev–Trinajstić information content (AvgIpc) is 3.16. The van der Waals surface area contributed by atoms with Crippen LogP contribution >= 0.6 is 0 Å². The number of anilines is 2. The molecule has 1 amide bonds. The lowest BCUT2D eigenvalue weighted by atomic mass is 10.1. The summed E-state index contributed by atoms with van der Waals surface area (Å²) in [7, 11) is -3.70.